The zero-order valence-electron chi connectivity index (χ0n) is 16.1. The van der Waals surface area contributed by atoms with Crippen molar-refractivity contribution in [3.8, 4) is 0 Å². The number of ether oxygens (including phenoxy) is 2. The molecular formula is C21H30F2O4. The number of carbonyl (C=O) groups is 2. The van der Waals surface area contributed by atoms with Crippen LogP contribution in [0.15, 0.2) is 0 Å². The lowest BCUT2D eigenvalue weighted by atomic mass is 9.48. The van der Waals surface area contributed by atoms with Crippen LogP contribution < -0.4 is 0 Å². The van der Waals surface area contributed by atoms with Gasteiger partial charge in [-0.1, -0.05) is 19.3 Å². The van der Waals surface area contributed by atoms with Crippen LogP contribution in [0.2, 0.25) is 0 Å². The van der Waals surface area contributed by atoms with E-state index in [1.807, 2.05) is 0 Å². The number of rotatable bonds is 5. The fraction of sp³-hybridized carbons (Fsp3) is 0.905. The van der Waals surface area contributed by atoms with Crippen LogP contribution in [0.1, 0.15) is 77.6 Å². The maximum Gasteiger partial charge on any atom is 0.376 e. The van der Waals surface area contributed by atoms with Crippen molar-refractivity contribution in [2.45, 2.75) is 89.1 Å². The van der Waals surface area contributed by atoms with E-state index < -0.39 is 17.5 Å². The van der Waals surface area contributed by atoms with Crippen LogP contribution in [0, 0.1) is 23.2 Å². The van der Waals surface area contributed by atoms with Gasteiger partial charge in [-0.15, -0.1) is 0 Å². The summed E-state index contributed by atoms with van der Waals surface area (Å²) in [6.45, 7) is 0.591. The Kier molecular flexibility index (Phi) is 4.75. The van der Waals surface area contributed by atoms with E-state index >= 15 is 0 Å². The molecule has 0 saturated heterocycles. The van der Waals surface area contributed by atoms with Crippen molar-refractivity contribution < 1.29 is 27.8 Å². The SMILES string of the molecule is CC(F)(F)C(=O)OCC12CC3CC(C1)CC(OC(=O)C1CCCCC1)(C3)C2. The highest BCUT2D eigenvalue weighted by Gasteiger charge is 2.60. The topological polar surface area (TPSA) is 52.6 Å². The average Bonchev–Trinajstić information content (AvgIpc) is 2.58. The number of halogens is 2. The molecule has 5 aliphatic rings. The summed E-state index contributed by atoms with van der Waals surface area (Å²) >= 11 is 0. The predicted molar refractivity (Wildman–Crippen MR) is 94.1 cm³/mol. The van der Waals surface area contributed by atoms with Crippen molar-refractivity contribution in [2.24, 2.45) is 23.2 Å². The molecule has 5 fully saturated rings. The van der Waals surface area contributed by atoms with Gasteiger partial charge in [0, 0.05) is 12.3 Å². The van der Waals surface area contributed by atoms with E-state index in [0.29, 0.717) is 25.2 Å². The maximum atomic E-state index is 13.2. The second-order valence-corrected chi connectivity index (χ2v) is 9.86. The predicted octanol–water partition coefficient (Wildman–Crippen LogP) is 4.65. The molecule has 5 rings (SSSR count). The number of alkyl halides is 2. The summed E-state index contributed by atoms with van der Waals surface area (Å²) in [6.07, 6.45) is 10.5. The minimum atomic E-state index is -3.46. The van der Waals surface area contributed by atoms with E-state index in [0.717, 1.165) is 57.8 Å². The minimum absolute atomic E-state index is 0.0133. The van der Waals surface area contributed by atoms with Gasteiger partial charge in [0.15, 0.2) is 0 Å². The van der Waals surface area contributed by atoms with E-state index in [9.17, 15) is 18.4 Å². The van der Waals surface area contributed by atoms with Gasteiger partial charge in [-0.3, -0.25) is 4.79 Å². The highest BCUT2D eigenvalue weighted by Crippen LogP contribution is 2.63. The first-order valence-electron chi connectivity index (χ1n) is 10.5. The van der Waals surface area contributed by atoms with E-state index in [1.165, 1.54) is 6.42 Å². The Labute approximate surface area is 159 Å². The van der Waals surface area contributed by atoms with Crippen LogP contribution in [0.4, 0.5) is 8.78 Å². The molecule has 4 nitrogen and oxygen atoms in total. The number of carbonyl (C=O) groups excluding carboxylic acids is 2. The third-order valence-electron chi connectivity index (χ3n) is 7.25. The summed E-state index contributed by atoms with van der Waals surface area (Å²) < 4.78 is 37.6. The molecule has 5 saturated carbocycles. The highest BCUT2D eigenvalue weighted by molar-refractivity contribution is 5.77. The molecule has 5 aliphatic carbocycles. The molecule has 0 aromatic heterocycles. The van der Waals surface area contributed by atoms with E-state index in [4.69, 9.17) is 9.47 Å². The van der Waals surface area contributed by atoms with E-state index in [2.05, 4.69) is 0 Å². The summed E-state index contributed by atoms with van der Waals surface area (Å²) in [7, 11) is 0. The molecule has 6 heteroatoms. The van der Waals surface area contributed by atoms with Crippen LogP contribution in [-0.2, 0) is 19.1 Å². The normalized spacial score (nSPS) is 38.6. The van der Waals surface area contributed by atoms with Gasteiger partial charge in [0.25, 0.3) is 0 Å². The van der Waals surface area contributed by atoms with E-state index in [1.54, 1.807) is 0 Å². The largest absolute Gasteiger partial charge is 0.461 e. The maximum absolute atomic E-state index is 13.2. The van der Waals surface area contributed by atoms with Gasteiger partial charge < -0.3 is 9.47 Å². The second kappa shape index (κ2) is 6.70. The molecule has 27 heavy (non-hydrogen) atoms. The fourth-order valence-electron chi connectivity index (χ4n) is 6.63. The fourth-order valence-corrected chi connectivity index (χ4v) is 6.63. The number of hydrogen-bond acceptors (Lipinski definition) is 4. The van der Waals surface area contributed by atoms with Crippen LogP contribution in [-0.4, -0.2) is 30.1 Å². The summed E-state index contributed by atoms with van der Waals surface area (Å²) in [4.78, 5) is 24.3. The molecule has 0 heterocycles. The Morgan fingerprint density at radius 3 is 2.26 bits per heavy atom. The smallest absolute Gasteiger partial charge is 0.376 e. The first-order valence-corrected chi connectivity index (χ1v) is 10.5. The zero-order valence-corrected chi connectivity index (χ0v) is 16.1. The highest BCUT2D eigenvalue weighted by atomic mass is 19.3. The Morgan fingerprint density at radius 2 is 1.67 bits per heavy atom. The first kappa shape index (κ1) is 19.1. The Bertz CT molecular complexity index is 592. The summed E-state index contributed by atoms with van der Waals surface area (Å²) in [5.41, 5.74) is -0.780. The van der Waals surface area contributed by atoms with Gasteiger partial charge in [0.2, 0.25) is 0 Å². The molecule has 2 atom stereocenters. The monoisotopic (exact) mass is 384 g/mol. The van der Waals surface area contributed by atoms with Gasteiger partial charge in [-0.05, 0) is 63.2 Å². The lowest BCUT2D eigenvalue weighted by Gasteiger charge is -2.61. The van der Waals surface area contributed by atoms with E-state index in [-0.39, 0.29) is 23.9 Å². The molecule has 152 valence electrons. The molecule has 4 bridgehead atoms. The molecular weight excluding hydrogens is 354 g/mol. The van der Waals surface area contributed by atoms with Crippen molar-refractivity contribution in [2.75, 3.05) is 6.61 Å². The molecule has 2 unspecified atom stereocenters. The molecule has 0 N–H and O–H groups in total. The third-order valence-corrected chi connectivity index (χ3v) is 7.25. The van der Waals surface area contributed by atoms with Gasteiger partial charge in [-0.2, -0.15) is 8.78 Å². The number of esters is 2. The summed E-state index contributed by atoms with van der Waals surface area (Å²) in [5.74, 6) is -4.10. The van der Waals surface area contributed by atoms with Crippen molar-refractivity contribution >= 4 is 11.9 Å². The molecule has 0 amide bonds. The molecule has 0 radical (unpaired) electrons. The Morgan fingerprint density at radius 1 is 1.04 bits per heavy atom. The van der Waals surface area contributed by atoms with Gasteiger partial charge in [0.05, 0.1) is 12.5 Å². The molecule has 0 spiro atoms. The van der Waals surface area contributed by atoms with Crippen LogP contribution >= 0.6 is 0 Å². The van der Waals surface area contributed by atoms with Crippen molar-refractivity contribution in [1.29, 1.82) is 0 Å². The van der Waals surface area contributed by atoms with Crippen molar-refractivity contribution in [3.05, 3.63) is 0 Å². The van der Waals surface area contributed by atoms with Gasteiger partial charge in [-0.25, -0.2) is 4.79 Å². The Hall–Kier alpha value is -1.20. The van der Waals surface area contributed by atoms with Crippen molar-refractivity contribution in [3.63, 3.8) is 0 Å². The second-order valence-electron chi connectivity index (χ2n) is 9.86. The zero-order chi connectivity index (χ0) is 19.3. The molecule has 0 aromatic carbocycles. The first-order chi connectivity index (χ1) is 12.7. The summed E-state index contributed by atoms with van der Waals surface area (Å²) in [6, 6.07) is 0. The third kappa shape index (κ3) is 3.86. The standard InChI is InChI=1S/C21H30F2O4/c1-19(22,23)18(25)26-13-20-8-14-7-15(9-20)11-21(10-14,12-20)27-17(24)16-5-3-2-4-6-16/h14-16H,2-13H2,1H3. The Balaban J connectivity index is 1.45. The quantitative estimate of drug-likeness (QED) is 0.648. The van der Waals surface area contributed by atoms with Crippen LogP contribution in [0.3, 0.4) is 0 Å². The lowest BCUT2D eigenvalue weighted by Crippen LogP contribution is -2.59. The molecule has 0 aromatic rings. The van der Waals surface area contributed by atoms with Crippen molar-refractivity contribution in [1.82, 2.24) is 0 Å². The van der Waals surface area contributed by atoms with Crippen LogP contribution in [0.5, 0.6) is 0 Å². The van der Waals surface area contributed by atoms with Gasteiger partial charge >= 0.3 is 17.9 Å². The average molecular weight is 384 g/mol. The molecule has 0 aliphatic heterocycles. The minimum Gasteiger partial charge on any atom is -0.461 e. The number of hydrogen-bond donors (Lipinski definition) is 0. The lowest BCUT2D eigenvalue weighted by molar-refractivity contribution is -0.217. The summed E-state index contributed by atoms with van der Waals surface area (Å²) in [5, 5.41) is 0. The van der Waals surface area contributed by atoms with Gasteiger partial charge in [0.1, 0.15) is 5.60 Å². The van der Waals surface area contributed by atoms with Crippen LogP contribution in [0.25, 0.3) is 0 Å².